The van der Waals surface area contributed by atoms with Crippen LogP contribution in [-0.2, 0) is 4.74 Å². The normalized spacial score (nSPS) is 23.3. The summed E-state index contributed by atoms with van der Waals surface area (Å²) in [5, 5.41) is 3.24. The Morgan fingerprint density at radius 1 is 1.44 bits per heavy atom. The fourth-order valence-corrected chi connectivity index (χ4v) is 2.06. The molecule has 2 unspecified atom stereocenters. The lowest BCUT2D eigenvalue weighted by atomic mass is 10.1. The van der Waals surface area contributed by atoms with Gasteiger partial charge in [0, 0.05) is 32.1 Å². The summed E-state index contributed by atoms with van der Waals surface area (Å²) in [6.45, 7) is 5.13. The molecule has 1 saturated heterocycles. The third kappa shape index (κ3) is 6.56. The average molecular weight is 268 g/mol. The van der Waals surface area contributed by atoms with Crippen molar-refractivity contribution in [1.29, 1.82) is 0 Å². The van der Waals surface area contributed by atoms with E-state index in [2.05, 4.69) is 10.2 Å². The molecule has 3 nitrogen and oxygen atoms in total. The maximum atomic E-state index is 12.0. The summed E-state index contributed by atoms with van der Waals surface area (Å²) in [6, 6.07) is 0.151. The number of rotatable bonds is 6. The molecule has 2 atom stereocenters. The molecule has 1 aliphatic heterocycles. The molecule has 0 spiro atoms. The minimum absolute atomic E-state index is 0.147. The van der Waals surface area contributed by atoms with Crippen LogP contribution in [0.2, 0.25) is 0 Å². The first-order valence-electron chi connectivity index (χ1n) is 6.48. The highest BCUT2D eigenvalue weighted by atomic mass is 19.4. The van der Waals surface area contributed by atoms with E-state index in [0.717, 1.165) is 19.6 Å². The number of nitrogens with one attached hydrogen (secondary N) is 1. The molecule has 1 N–H and O–H groups in total. The van der Waals surface area contributed by atoms with Crippen molar-refractivity contribution in [3.8, 4) is 0 Å². The number of alkyl halides is 3. The summed E-state index contributed by atoms with van der Waals surface area (Å²) in [5.74, 6) is 0. The monoisotopic (exact) mass is 268 g/mol. The zero-order valence-corrected chi connectivity index (χ0v) is 11.1. The van der Waals surface area contributed by atoms with E-state index >= 15 is 0 Å². The summed E-state index contributed by atoms with van der Waals surface area (Å²) >= 11 is 0. The quantitative estimate of drug-likeness (QED) is 0.797. The summed E-state index contributed by atoms with van der Waals surface area (Å²) in [6.07, 6.45) is -3.81. The second-order valence-electron chi connectivity index (χ2n) is 4.99. The standard InChI is InChI=1S/C12H23F3N2O/c1-10(4-3-5-12(13,14)15)17(2)9-11-8-16-6-7-18-11/h10-11,16H,3-9H2,1-2H3. The number of ether oxygens (including phenoxy) is 1. The predicted octanol–water partition coefficient (Wildman–Crippen LogP) is 2.03. The topological polar surface area (TPSA) is 24.5 Å². The van der Waals surface area contributed by atoms with Crippen LogP contribution in [0, 0.1) is 0 Å². The van der Waals surface area contributed by atoms with Crippen molar-refractivity contribution in [3.05, 3.63) is 0 Å². The molecule has 1 rings (SSSR count). The van der Waals surface area contributed by atoms with E-state index in [-0.39, 0.29) is 18.6 Å². The lowest BCUT2D eigenvalue weighted by Gasteiger charge is -2.31. The highest BCUT2D eigenvalue weighted by molar-refractivity contribution is 4.73. The first-order chi connectivity index (χ1) is 8.38. The second kappa shape index (κ2) is 7.31. The van der Waals surface area contributed by atoms with Crippen LogP contribution in [-0.4, -0.2) is 56.5 Å². The second-order valence-corrected chi connectivity index (χ2v) is 4.99. The Morgan fingerprint density at radius 2 is 2.17 bits per heavy atom. The van der Waals surface area contributed by atoms with Crippen molar-refractivity contribution in [2.75, 3.05) is 33.3 Å². The Labute approximate surface area is 107 Å². The van der Waals surface area contributed by atoms with Crippen LogP contribution in [0.1, 0.15) is 26.2 Å². The number of morpholine rings is 1. The molecule has 0 aromatic heterocycles. The number of halogens is 3. The van der Waals surface area contributed by atoms with Gasteiger partial charge in [0.2, 0.25) is 0 Å². The molecule has 0 saturated carbocycles. The Morgan fingerprint density at radius 3 is 2.72 bits per heavy atom. The Bertz CT molecular complexity index is 230. The smallest absolute Gasteiger partial charge is 0.374 e. The third-order valence-electron chi connectivity index (χ3n) is 3.33. The van der Waals surface area contributed by atoms with E-state index < -0.39 is 12.6 Å². The molecule has 18 heavy (non-hydrogen) atoms. The van der Waals surface area contributed by atoms with Gasteiger partial charge >= 0.3 is 6.18 Å². The van der Waals surface area contributed by atoms with Gasteiger partial charge in [-0.1, -0.05) is 0 Å². The van der Waals surface area contributed by atoms with E-state index in [9.17, 15) is 13.2 Å². The van der Waals surface area contributed by atoms with Crippen LogP contribution >= 0.6 is 0 Å². The van der Waals surface area contributed by atoms with E-state index in [0.29, 0.717) is 13.0 Å². The average Bonchev–Trinajstić information content (AvgIpc) is 2.28. The van der Waals surface area contributed by atoms with Gasteiger partial charge < -0.3 is 15.0 Å². The molecule has 0 aromatic carbocycles. The zero-order valence-electron chi connectivity index (χ0n) is 11.1. The van der Waals surface area contributed by atoms with Gasteiger partial charge in [0.05, 0.1) is 12.7 Å². The van der Waals surface area contributed by atoms with Gasteiger partial charge in [0.1, 0.15) is 0 Å². The highest BCUT2D eigenvalue weighted by Gasteiger charge is 2.27. The van der Waals surface area contributed by atoms with E-state index in [1.165, 1.54) is 0 Å². The van der Waals surface area contributed by atoms with Crippen LogP contribution in [0.25, 0.3) is 0 Å². The largest absolute Gasteiger partial charge is 0.389 e. The van der Waals surface area contributed by atoms with Gasteiger partial charge in [-0.15, -0.1) is 0 Å². The molecular formula is C12H23F3N2O. The molecule has 0 aliphatic carbocycles. The molecule has 6 heteroatoms. The van der Waals surface area contributed by atoms with Crippen molar-refractivity contribution in [1.82, 2.24) is 10.2 Å². The zero-order chi connectivity index (χ0) is 13.6. The molecule has 0 aromatic rings. The highest BCUT2D eigenvalue weighted by Crippen LogP contribution is 2.23. The lowest BCUT2D eigenvalue weighted by molar-refractivity contribution is -0.136. The van der Waals surface area contributed by atoms with Crippen molar-refractivity contribution in [3.63, 3.8) is 0 Å². The van der Waals surface area contributed by atoms with Crippen LogP contribution in [0.5, 0.6) is 0 Å². The SMILES string of the molecule is CC(CCCC(F)(F)F)N(C)CC1CNCCO1. The summed E-state index contributed by atoms with van der Waals surface area (Å²) < 4.78 is 41.7. The van der Waals surface area contributed by atoms with Crippen LogP contribution < -0.4 is 5.32 Å². The van der Waals surface area contributed by atoms with E-state index in [4.69, 9.17) is 4.74 Å². The maximum absolute atomic E-state index is 12.0. The van der Waals surface area contributed by atoms with Crippen molar-refractivity contribution in [2.45, 2.75) is 44.5 Å². The van der Waals surface area contributed by atoms with Crippen LogP contribution in [0.3, 0.4) is 0 Å². The number of likely N-dealkylation sites (N-methyl/N-ethyl adjacent to an activating group) is 1. The van der Waals surface area contributed by atoms with Crippen molar-refractivity contribution in [2.24, 2.45) is 0 Å². The fraction of sp³-hybridized carbons (Fsp3) is 1.00. The number of nitrogens with zero attached hydrogens (tertiary/aromatic N) is 1. The minimum Gasteiger partial charge on any atom is -0.374 e. The molecule has 0 bridgehead atoms. The molecule has 1 heterocycles. The number of hydrogen-bond acceptors (Lipinski definition) is 3. The van der Waals surface area contributed by atoms with Gasteiger partial charge in [-0.2, -0.15) is 13.2 Å². The summed E-state index contributed by atoms with van der Waals surface area (Å²) in [5.41, 5.74) is 0. The molecule has 0 radical (unpaired) electrons. The summed E-state index contributed by atoms with van der Waals surface area (Å²) in [4.78, 5) is 2.08. The Hall–Kier alpha value is -0.330. The van der Waals surface area contributed by atoms with Crippen molar-refractivity contribution >= 4 is 0 Å². The molecule has 1 aliphatic rings. The van der Waals surface area contributed by atoms with Crippen LogP contribution in [0.15, 0.2) is 0 Å². The Kier molecular flexibility index (Phi) is 6.38. The van der Waals surface area contributed by atoms with Gasteiger partial charge in [-0.05, 0) is 26.8 Å². The molecule has 1 fully saturated rings. The summed E-state index contributed by atoms with van der Waals surface area (Å²) in [7, 11) is 1.94. The predicted molar refractivity (Wildman–Crippen MR) is 64.6 cm³/mol. The molecule has 0 amide bonds. The van der Waals surface area contributed by atoms with E-state index in [1.54, 1.807) is 0 Å². The molecule has 108 valence electrons. The lowest BCUT2D eigenvalue weighted by Crippen LogP contribution is -2.46. The van der Waals surface area contributed by atoms with Gasteiger partial charge in [0.15, 0.2) is 0 Å². The third-order valence-corrected chi connectivity index (χ3v) is 3.33. The molecular weight excluding hydrogens is 245 g/mol. The first kappa shape index (κ1) is 15.7. The first-order valence-corrected chi connectivity index (χ1v) is 6.48. The van der Waals surface area contributed by atoms with Crippen molar-refractivity contribution < 1.29 is 17.9 Å². The maximum Gasteiger partial charge on any atom is 0.389 e. The number of hydrogen-bond donors (Lipinski definition) is 1. The minimum atomic E-state index is -4.03. The van der Waals surface area contributed by atoms with Gasteiger partial charge in [-0.25, -0.2) is 0 Å². The van der Waals surface area contributed by atoms with Gasteiger partial charge in [0.25, 0.3) is 0 Å². The van der Waals surface area contributed by atoms with E-state index in [1.807, 2.05) is 14.0 Å². The van der Waals surface area contributed by atoms with Crippen LogP contribution in [0.4, 0.5) is 13.2 Å². The Balaban J connectivity index is 2.17. The van der Waals surface area contributed by atoms with Gasteiger partial charge in [-0.3, -0.25) is 0 Å². The fourth-order valence-electron chi connectivity index (χ4n) is 2.06.